The average molecular weight is 205 g/mol. The Morgan fingerprint density at radius 2 is 2.00 bits per heavy atom. The minimum Gasteiger partial charge on any atom is -0.326 e. The standard InChI is InChI=1S/C14H23N/c1-11-6-5-7-13(10-11)12(2)8-9-14(3,4)15/h5-7,10,12H,8-9,15H2,1-4H3. The van der Waals surface area contributed by atoms with Gasteiger partial charge in [-0.3, -0.25) is 0 Å². The topological polar surface area (TPSA) is 26.0 Å². The highest BCUT2D eigenvalue weighted by molar-refractivity contribution is 5.24. The zero-order valence-corrected chi connectivity index (χ0v) is 10.4. The third kappa shape index (κ3) is 4.48. The molecule has 84 valence electrons. The molecule has 1 aromatic rings. The van der Waals surface area contributed by atoms with Crippen molar-refractivity contribution in [2.24, 2.45) is 5.73 Å². The van der Waals surface area contributed by atoms with Crippen molar-refractivity contribution in [3.63, 3.8) is 0 Å². The molecule has 0 aliphatic rings. The molecule has 0 heterocycles. The summed E-state index contributed by atoms with van der Waals surface area (Å²) < 4.78 is 0. The quantitative estimate of drug-likeness (QED) is 0.798. The van der Waals surface area contributed by atoms with Gasteiger partial charge in [0.1, 0.15) is 0 Å². The molecule has 1 atom stereocenters. The Morgan fingerprint density at radius 1 is 1.33 bits per heavy atom. The Morgan fingerprint density at radius 3 is 2.53 bits per heavy atom. The second-order valence-electron chi connectivity index (χ2n) is 5.34. The van der Waals surface area contributed by atoms with Crippen LogP contribution in [0.1, 0.15) is 50.7 Å². The van der Waals surface area contributed by atoms with Gasteiger partial charge in [0.05, 0.1) is 0 Å². The van der Waals surface area contributed by atoms with E-state index >= 15 is 0 Å². The van der Waals surface area contributed by atoms with Crippen molar-refractivity contribution < 1.29 is 0 Å². The van der Waals surface area contributed by atoms with Gasteiger partial charge in [0, 0.05) is 5.54 Å². The second kappa shape index (κ2) is 4.80. The van der Waals surface area contributed by atoms with E-state index in [4.69, 9.17) is 5.73 Å². The maximum absolute atomic E-state index is 5.99. The number of hydrogen-bond acceptors (Lipinski definition) is 1. The van der Waals surface area contributed by atoms with Crippen molar-refractivity contribution in [2.45, 2.75) is 52.0 Å². The summed E-state index contributed by atoms with van der Waals surface area (Å²) in [6.45, 7) is 8.61. The van der Waals surface area contributed by atoms with Crippen molar-refractivity contribution in [1.29, 1.82) is 0 Å². The molecule has 1 heteroatoms. The summed E-state index contributed by atoms with van der Waals surface area (Å²) in [6.07, 6.45) is 2.23. The lowest BCUT2D eigenvalue weighted by molar-refractivity contribution is 0.438. The summed E-state index contributed by atoms with van der Waals surface area (Å²) in [7, 11) is 0. The van der Waals surface area contributed by atoms with Gasteiger partial charge in [0.25, 0.3) is 0 Å². The molecule has 0 bridgehead atoms. The minimum absolute atomic E-state index is 0.0436. The van der Waals surface area contributed by atoms with Crippen LogP contribution in [0.3, 0.4) is 0 Å². The first-order valence-electron chi connectivity index (χ1n) is 5.74. The van der Waals surface area contributed by atoms with E-state index in [1.165, 1.54) is 11.1 Å². The van der Waals surface area contributed by atoms with Crippen molar-refractivity contribution in [2.75, 3.05) is 0 Å². The minimum atomic E-state index is -0.0436. The van der Waals surface area contributed by atoms with Crippen LogP contribution in [0.25, 0.3) is 0 Å². The number of benzene rings is 1. The number of rotatable bonds is 4. The molecule has 1 rings (SSSR count). The molecule has 1 unspecified atom stereocenters. The van der Waals surface area contributed by atoms with Gasteiger partial charge in [-0.1, -0.05) is 36.8 Å². The Balaban J connectivity index is 2.58. The van der Waals surface area contributed by atoms with Crippen LogP contribution in [-0.4, -0.2) is 5.54 Å². The van der Waals surface area contributed by atoms with Crippen LogP contribution >= 0.6 is 0 Å². The van der Waals surface area contributed by atoms with Crippen molar-refractivity contribution >= 4 is 0 Å². The molecule has 0 fully saturated rings. The highest BCUT2D eigenvalue weighted by atomic mass is 14.7. The Labute approximate surface area is 93.7 Å². The zero-order valence-electron chi connectivity index (χ0n) is 10.4. The molecule has 2 N–H and O–H groups in total. The number of aryl methyl sites for hydroxylation is 1. The fraction of sp³-hybridized carbons (Fsp3) is 0.571. The lowest BCUT2D eigenvalue weighted by Crippen LogP contribution is -2.31. The monoisotopic (exact) mass is 205 g/mol. The van der Waals surface area contributed by atoms with Gasteiger partial charge in [0.15, 0.2) is 0 Å². The van der Waals surface area contributed by atoms with Gasteiger partial charge in [-0.15, -0.1) is 0 Å². The maximum atomic E-state index is 5.99. The Bertz CT molecular complexity index is 309. The molecule has 15 heavy (non-hydrogen) atoms. The van der Waals surface area contributed by atoms with E-state index in [2.05, 4.69) is 52.0 Å². The molecule has 1 aromatic carbocycles. The first-order valence-corrected chi connectivity index (χ1v) is 5.74. The largest absolute Gasteiger partial charge is 0.326 e. The fourth-order valence-corrected chi connectivity index (χ4v) is 1.73. The summed E-state index contributed by atoms with van der Waals surface area (Å²) in [4.78, 5) is 0. The normalized spacial score (nSPS) is 13.9. The van der Waals surface area contributed by atoms with E-state index in [9.17, 15) is 0 Å². The van der Waals surface area contributed by atoms with E-state index in [1.807, 2.05) is 0 Å². The SMILES string of the molecule is Cc1cccc(C(C)CCC(C)(C)N)c1. The highest BCUT2D eigenvalue weighted by Crippen LogP contribution is 2.23. The molecule has 0 saturated carbocycles. The molecule has 0 spiro atoms. The van der Waals surface area contributed by atoms with Crippen LogP contribution in [0.5, 0.6) is 0 Å². The van der Waals surface area contributed by atoms with Crippen molar-refractivity contribution in [3.8, 4) is 0 Å². The van der Waals surface area contributed by atoms with Crippen LogP contribution in [0.2, 0.25) is 0 Å². The number of nitrogens with two attached hydrogens (primary N) is 1. The second-order valence-corrected chi connectivity index (χ2v) is 5.34. The van der Waals surface area contributed by atoms with Gasteiger partial charge in [-0.2, -0.15) is 0 Å². The predicted molar refractivity (Wildman–Crippen MR) is 67.1 cm³/mol. The summed E-state index contributed by atoms with van der Waals surface area (Å²) in [5.41, 5.74) is 8.72. The Kier molecular flexibility index (Phi) is 3.92. The van der Waals surface area contributed by atoms with E-state index in [1.54, 1.807) is 0 Å². The molecule has 0 aromatic heterocycles. The lowest BCUT2D eigenvalue weighted by Gasteiger charge is -2.21. The smallest absolute Gasteiger partial charge is 0.00972 e. The van der Waals surface area contributed by atoms with Crippen LogP contribution < -0.4 is 5.73 Å². The summed E-state index contributed by atoms with van der Waals surface area (Å²) in [5.74, 6) is 0.604. The maximum Gasteiger partial charge on any atom is 0.00972 e. The average Bonchev–Trinajstić information content (AvgIpc) is 2.13. The van der Waals surface area contributed by atoms with Gasteiger partial charge in [-0.05, 0) is 45.1 Å². The fourth-order valence-electron chi connectivity index (χ4n) is 1.73. The first kappa shape index (κ1) is 12.3. The molecule has 0 aliphatic carbocycles. The summed E-state index contributed by atoms with van der Waals surface area (Å²) >= 11 is 0. The van der Waals surface area contributed by atoms with Gasteiger partial charge >= 0.3 is 0 Å². The van der Waals surface area contributed by atoms with Crippen LogP contribution in [0.15, 0.2) is 24.3 Å². The van der Waals surface area contributed by atoms with E-state index in [-0.39, 0.29) is 5.54 Å². The van der Waals surface area contributed by atoms with E-state index in [0.29, 0.717) is 5.92 Å². The van der Waals surface area contributed by atoms with Gasteiger partial charge in [0.2, 0.25) is 0 Å². The summed E-state index contributed by atoms with van der Waals surface area (Å²) in [6, 6.07) is 8.76. The third-order valence-corrected chi connectivity index (χ3v) is 2.83. The van der Waals surface area contributed by atoms with E-state index < -0.39 is 0 Å². The molecular formula is C14H23N. The van der Waals surface area contributed by atoms with Crippen LogP contribution in [-0.2, 0) is 0 Å². The van der Waals surface area contributed by atoms with Gasteiger partial charge < -0.3 is 5.73 Å². The molecule has 1 nitrogen and oxygen atoms in total. The molecule has 0 radical (unpaired) electrons. The highest BCUT2D eigenvalue weighted by Gasteiger charge is 2.13. The first-order chi connectivity index (χ1) is 6.88. The Hall–Kier alpha value is -0.820. The van der Waals surface area contributed by atoms with Gasteiger partial charge in [-0.25, -0.2) is 0 Å². The zero-order chi connectivity index (χ0) is 11.5. The molecule has 0 amide bonds. The predicted octanol–water partition coefficient (Wildman–Crippen LogP) is 3.62. The third-order valence-electron chi connectivity index (χ3n) is 2.83. The van der Waals surface area contributed by atoms with Crippen LogP contribution in [0, 0.1) is 6.92 Å². The number of hydrogen-bond donors (Lipinski definition) is 1. The lowest BCUT2D eigenvalue weighted by atomic mass is 9.89. The van der Waals surface area contributed by atoms with Crippen molar-refractivity contribution in [1.82, 2.24) is 0 Å². The molecular weight excluding hydrogens is 182 g/mol. The molecule has 0 saturated heterocycles. The summed E-state index contributed by atoms with van der Waals surface area (Å²) in [5, 5.41) is 0. The molecule has 0 aliphatic heterocycles. The van der Waals surface area contributed by atoms with E-state index in [0.717, 1.165) is 12.8 Å². The van der Waals surface area contributed by atoms with Crippen molar-refractivity contribution in [3.05, 3.63) is 35.4 Å². The van der Waals surface area contributed by atoms with Crippen LogP contribution in [0.4, 0.5) is 0 Å².